The summed E-state index contributed by atoms with van der Waals surface area (Å²) >= 11 is 6.13. The van der Waals surface area contributed by atoms with Crippen molar-refractivity contribution in [3.8, 4) is 5.75 Å². The molecule has 1 rings (SSSR count). The summed E-state index contributed by atoms with van der Waals surface area (Å²) in [5, 5.41) is 3.81. The normalized spacial score (nSPS) is 12.0. The van der Waals surface area contributed by atoms with Gasteiger partial charge in [-0.1, -0.05) is 31.5 Å². The Morgan fingerprint density at radius 3 is 2.62 bits per heavy atom. The van der Waals surface area contributed by atoms with Gasteiger partial charge in [0.2, 0.25) is 0 Å². The van der Waals surface area contributed by atoms with Crippen LogP contribution < -0.4 is 10.1 Å². The Kier molecular flexibility index (Phi) is 7.32. The molecular weight excluding hydrogens is 303 g/mol. The zero-order chi connectivity index (χ0) is 15.9. The summed E-state index contributed by atoms with van der Waals surface area (Å²) in [7, 11) is 0. The first-order valence-corrected chi connectivity index (χ1v) is 7.35. The third-order valence-electron chi connectivity index (χ3n) is 2.79. The molecule has 6 heteroatoms. The van der Waals surface area contributed by atoms with Crippen molar-refractivity contribution in [1.29, 1.82) is 0 Å². The van der Waals surface area contributed by atoms with E-state index in [1.54, 1.807) is 18.2 Å². The lowest BCUT2D eigenvalue weighted by molar-refractivity contribution is -0.136. The van der Waals surface area contributed by atoms with E-state index in [-0.39, 0.29) is 13.0 Å². The number of alkyl halides is 3. The molecule has 0 aliphatic heterocycles. The Bertz CT molecular complexity index is 435. The van der Waals surface area contributed by atoms with Crippen molar-refractivity contribution >= 4 is 11.6 Å². The smallest absolute Gasteiger partial charge is 0.389 e. The molecule has 0 amide bonds. The van der Waals surface area contributed by atoms with Crippen LogP contribution in [0, 0.1) is 5.92 Å². The Hall–Kier alpha value is -0.940. The summed E-state index contributed by atoms with van der Waals surface area (Å²) in [5.74, 6) is 1.05. The molecule has 0 atom stereocenters. The lowest BCUT2D eigenvalue weighted by Gasteiger charge is -2.15. The predicted octanol–water partition coefficient (Wildman–Crippen LogP) is 4.81. The van der Waals surface area contributed by atoms with Crippen LogP contribution >= 0.6 is 11.6 Å². The van der Waals surface area contributed by atoms with Gasteiger partial charge in [0.1, 0.15) is 5.75 Å². The summed E-state index contributed by atoms with van der Waals surface area (Å²) in [6, 6.07) is 5.20. The van der Waals surface area contributed by atoms with Crippen molar-refractivity contribution in [3.05, 3.63) is 28.8 Å². The fourth-order valence-corrected chi connectivity index (χ4v) is 2.02. The highest BCUT2D eigenvalue weighted by atomic mass is 35.5. The van der Waals surface area contributed by atoms with Crippen molar-refractivity contribution in [2.24, 2.45) is 5.92 Å². The van der Waals surface area contributed by atoms with Gasteiger partial charge in [0.15, 0.2) is 0 Å². The van der Waals surface area contributed by atoms with Crippen LogP contribution in [0.3, 0.4) is 0 Å². The molecule has 0 spiro atoms. The lowest BCUT2D eigenvalue weighted by atomic mass is 10.1. The van der Waals surface area contributed by atoms with Gasteiger partial charge >= 0.3 is 6.18 Å². The van der Waals surface area contributed by atoms with Crippen LogP contribution in [-0.4, -0.2) is 19.3 Å². The minimum absolute atomic E-state index is 0.0248. The average Bonchev–Trinajstić information content (AvgIpc) is 2.36. The Morgan fingerprint density at radius 2 is 2.00 bits per heavy atom. The highest BCUT2D eigenvalue weighted by molar-refractivity contribution is 6.31. The summed E-state index contributed by atoms with van der Waals surface area (Å²) in [6.45, 7) is 5.57. The Morgan fingerprint density at radius 1 is 1.29 bits per heavy atom. The van der Waals surface area contributed by atoms with Gasteiger partial charge in [-0.25, -0.2) is 0 Å². The number of ether oxygens (including phenoxy) is 1. The van der Waals surface area contributed by atoms with Crippen molar-refractivity contribution in [2.75, 3.05) is 13.2 Å². The zero-order valence-corrected chi connectivity index (χ0v) is 13.0. The quantitative estimate of drug-likeness (QED) is 0.693. The second-order valence-electron chi connectivity index (χ2n) is 5.31. The van der Waals surface area contributed by atoms with Crippen LogP contribution in [0.15, 0.2) is 18.2 Å². The summed E-state index contributed by atoms with van der Waals surface area (Å²) in [6.07, 6.45) is -5.04. The molecule has 0 heterocycles. The van der Waals surface area contributed by atoms with E-state index in [0.29, 0.717) is 23.2 Å². The molecule has 2 nitrogen and oxygen atoms in total. The fourth-order valence-electron chi connectivity index (χ4n) is 1.79. The molecule has 120 valence electrons. The molecule has 21 heavy (non-hydrogen) atoms. The van der Waals surface area contributed by atoms with E-state index in [1.165, 1.54) is 0 Å². The molecule has 0 bridgehead atoms. The van der Waals surface area contributed by atoms with Crippen molar-refractivity contribution in [1.82, 2.24) is 5.32 Å². The minimum Gasteiger partial charge on any atom is -0.493 e. The molecule has 0 fully saturated rings. The molecule has 0 radical (unpaired) electrons. The molecule has 0 aliphatic rings. The number of hydrogen-bond donors (Lipinski definition) is 1. The third-order valence-corrected chi connectivity index (χ3v) is 3.15. The molecule has 0 aliphatic carbocycles. The van der Waals surface area contributed by atoms with Crippen molar-refractivity contribution < 1.29 is 17.9 Å². The fraction of sp³-hybridized carbons (Fsp3) is 0.600. The first kappa shape index (κ1) is 18.1. The van der Waals surface area contributed by atoms with Gasteiger partial charge < -0.3 is 10.1 Å². The van der Waals surface area contributed by atoms with E-state index in [2.05, 4.69) is 19.2 Å². The van der Waals surface area contributed by atoms with E-state index in [4.69, 9.17) is 16.3 Å². The van der Waals surface area contributed by atoms with Gasteiger partial charge in [-0.3, -0.25) is 0 Å². The van der Waals surface area contributed by atoms with Gasteiger partial charge in [-0.2, -0.15) is 13.2 Å². The van der Waals surface area contributed by atoms with Crippen LogP contribution in [0.25, 0.3) is 0 Å². The second kappa shape index (κ2) is 8.49. The number of hydrogen-bond acceptors (Lipinski definition) is 2. The van der Waals surface area contributed by atoms with Crippen LogP contribution in [0.4, 0.5) is 13.2 Å². The SMILES string of the molecule is CC(C)CNCc1c(Cl)cccc1OCCCC(F)(F)F. The van der Waals surface area contributed by atoms with E-state index < -0.39 is 12.6 Å². The van der Waals surface area contributed by atoms with Crippen LogP contribution in [0.1, 0.15) is 32.3 Å². The standard InChI is InChI=1S/C15H21ClF3NO/c1-11(2)9-20-10-12-13(16)5-3-6-14(12)21-8-4-7-15(17,18)19/h3,5-6,11,20H,4,7-10H2,1-2H3. The highest BCUT2D eigenvalue weighted by Gasteiger charge is 2.26. The van der Waals surface area contributed by atoms with E-state index in [9.17, 15) is 13.2 Å². The maximum Gasteiger partial charge on any atom is 0.389 e. The Balaban J connectivity index is 2.54. The van der Waals surface area contributed by atoms with E-state index in [0.717, 1.165) is 12.1 Å². The van der Waals surface area contributed by atoms with E-state index in [1.807, 2.05) is 0 Å². The van der Waals surface area contributed by atoms with Gasteiger partial charge in [-0.05, 0) is 31.0 Å². The molecule has 1 aromatic rings. The van der Waals surface area contributed by atoms with Crippen molar-refractivity contribution in [3.63, 3.8) is 0 Å². The molecule has 1 N–H and O–H groups in total. The maximum atomic E-state index is 12.1. The predicted molar refractivity (Wildman–Crippen MR) is 78.8 cm³/mol. The number of benzene rings is 1. The first-order valence-electron chi connectivity index (χ1n) is 6.97. The van der Waals surface area contributed by atoms with E-state index >= 15 is 0 Å². The van der Waals surface area contributed by atoms with Gasteiger partial charge in [0.05, 0.1) is 6.61 Å². The molecular formula is C15H21ClF3NO. The number of halogens is 4. The minimum atomic E-state index is -4.14. The topological polar surface area (TPSA) is 21.3 Å². The largest absolute Gasteiger partial charge is 0.493 e. The monoisotopic (exact) mass is 323 g/mol. The summed E-state index contributed by atoms with van der Waals surface area (Å²) in [5.41, 5.74) is 0.784. The van der Waals surface area contributed by atoms with Gasteiger partial charge in [0, 0.05) is 23.6 Å². The molecule has 0 saturated heterocycles. The maximum absolute atomic E-state index is 12.1. The summed E-state index contributed by atoms with van der Waals surface area (Å²) < 4.78 is 41.7. The third kappa shape index (κ3) is 7.58. The zero-order valence-electron chi connectivity index (χ0n) is 12.3. The molecule has 0 unspecified atom stereocenters. The highest BCUT2D eigenvalue weighted by Crippen LogP contribution is 2.27. The van der Waals surface area contributed by atoms with Crippen LogP contribution in [-0.2, 0) is 6.54 Å². The Labute approximate surface area is 128 Å². The van der Waals surface area contributed by atoms with Gasteiger partial charge in [0.25, 0.3) is 0 Å². The molecule has 0 aromatic heterocycles. The number of rotatable bonds is 8. The first-order chi connectivity index (χ1) is 9.79. The molecule has 1 aromatic carbocycles. The number of nitrogens with one attached hydrogen (secondary N) is 1. The average molecular weight is 324 g/mol. The lowest BCUT2D eigenvalue weighted by Crippen LogP contribution is -2.20. The second-order valence-corrected chi connectivity index (χ2v) is 5.72. The summed E-state index contributed by atoms with van der Waals surface area (Å²) in [4.78, 5) is 0. The molecule has 0 saturated carbocycles. The van der Waals surface area contributed by atoms with Gasteiger partial charge in [-0.15, -0.1) is 0 Å². The van der Waals surface area contributed by atoms with Crippen molar-refractivity contribution in [2.45, 2.75) is 39.4 Å². The van der Waals surface area contributed by atoms with Crippen LogP contribution in [0.5, 0.6) is 5.75 Å². The van der Waals surface area contributed by atoms with Crippen LogP contribution in [0.2, 0.25) is 5.02 Å².